The molecule has 0 aliphatic heterocycles. The van der Waals surface area contributed by atoms with E-state index in [1.165, 1.54) is 17.8 Å². The number of nitrogens with one attached hydrogen (secondary N) is 2. The maximum atomic E-state index is 12.8. The fraction of sp³-hybridized carbons (Fsp3) is 0.111. The van der Waals surface area contributed by atoms with Gasteiger partial charge in [-0.05, 0) is 33.7 Å². The highest BCUT2D eigenvalue weighted by Crippen LogP contribution is 2.28. The molecule has 3 aromatic carbocycles. The Labute approximate surface area is 211 Å². The van der Waals surface area contributed by atoms with Crippen molar-refractivity contribution < 1.29 is 9.59 Å². The van der Waals surface area contributed by atoms with Gasteiger partial charge in [0.15, 0.2) is 17.4 Å². The Bertz CT molecular complexity index is 1420. The first-order valence-electron chi connectivity index (χ1n) is 11.4. The number of carbonyl (C=O) groups excluding carboxylic acids is 2. The van der Waals surface area contributed by atoms with Crippen molar-refractivity contribution in [2.24, 2.45) is 4.99 Å². The molecule has 2 N–H and O–H groups in total. The molecule has 0 saturated heterocycles. The van der Waals surface area contributed by atoms with Gasteiger partial charge in [0.25, 0.3) is 0 Å². The summed E-state index contributed by atoms with van der Waals surface area (Å²) < 4.78 is 0. The van der Waals surface area contributed by atoms with Crippen molar-refractivity contribution >= 4 is 35.2 Å². The molecule has 178 valence electrons. The van der Waals surface area contributed by atoms with Crippen molar-refractivity contribution in [3.8, 4) is 0 Å². The number of tetrazole rings is 1. The molecule has 1 unspecified atom stereocenters. The lowest BCUT2D eigenvalue weighted by atomic mass is 9.95. The summed E-state index contributed by atoms with van der Waals surface area (Å²) in [6, 6.07) is 24.4. The smallest absolute Gasteiger partial charge is 0.200 e. The van der Waals surface area contributed by atoms with E-state index in [1.54, 1.807) is 24.3 Å². The Morgan fingerprint density at radius 2 is 1.69 bits per heavy atom. The van der Waals surface area contributed by atoms with Gasteiger partial charge in [-0.25, -0.2) is 5.10 Å². The predicted molar refractivity (Wildman–Crippen MR) is 140 cm³/mol. The maximum absolute atomic E-state index is 12.8. The third-order valence-corrected chi connectivity index (χ3v) is 6.68. The zero-order valence-electron chi connectivity index (χ0n) is 19.2. The molecule has 1 atom stereocenters. The molecule has 1 aromatic heterocycles. The largest absolute Gasteiger partial charge is 0.303 e. The minimum atomic E-state index is -0.272. The summed E-state index contributed by atoms with van der Waals surface area (Å²) in [7, 11) is 0. The monoisotopic (exact) mass is 494 g/mol. The van der Waals surface area contributed by atoms with Gasteiger partial charge < -0.3 is 5.32 Å². The van der Waals surface area contributed by atoms with E-state index in [-0.39, 0.29) is 17.6 Å². The number of rotatable bonds is 9. The Morgan fingerprint density at radius 1 is 0.944 bits per heavy atom. The number of aromatic nitrogens is 4. The van der Waals surface area contributed by atoms with E-state index in [0.29, 0.717) is 34.2 Å². The van der Waals surface area contributed by atoms with Crippen molar-refractivity contribution in [3.05, 3.63) is 118 Å². The second-order valence-electron chi connectivity index (χ2n) is 8.03. The number of fused-ring (bicyclic) bond motifs is 1. The summed E-state index contributed by atoms with van der Waals surface area (Å²) in [4.78, 5) is 30.1. The Balaban J connectivity index is 1.23. The fourth-order valence-electron chi connectivity index (χ4n) is 3.86. The number of hydrogen-bond acceptors (Lipinski definition) is 8. The molecule has 9 heteroatoms. The van der Waals surface area contributed by atoms with Crippen LogP contribution in [0.4, 0.5) is 5.69 Å². The number of benzene rings is 3. The third kappa shape index (κ3) is 5.37. The molecule has 0 bridgehead atoms. The van der Waals surface area contributed by atoms with E-state index in [0.717, 1.165) is 16.8 Å². The molecule has 0 saturated carbocycles. The first-order valence-corrected chi connectivity index (χ1v) is 12.4. The van der Waals surface area contributed by atoms with Gasteiger partial charge in [0.05, 0.1) is 16.6 Å². The number of allylic oxidation sites excluding steroid dienone is 2. The van der Waals surface area contributed by atoms with Crippen LogP contribution >= 0.6 is 11.8 Å². The predicted octanol–water partition coefficient (Wildman–Crippen LogP) is 4.33. The van der Waals surface area contributed by atoms with Gasteiger partial charge in [0.2, 0.25) is 0 Å². The molecular weight excluding hydrogens is 472 g/mol. The number of hydrogen-bond donors (Lipinski definition) is 2. The average molecular weight is 495 g/mol. The summed E-state index contributed by atoms with van der Waals surface area (Å²) in [6.07, 6.45) is 3.26. The van der Waals surface area contributed by atoms with E-state index in [2.05, 4.69) is 30.9 Å². The highest BCUT2D eigenvalue weighted by atomic mass is 32.2. The van der Waals surface area contributed by atoms with Crippen molar-refractivity contribution in [3.63, 3.8) is 0 Å². The van der Waals surface area contributed by atoms with Gasteiger partial charge in [-0.1, -0.05) is 66.7 Å². The van der Waals surface area contributed by atoms with Crippen LogP contribution in [0.25, 0.3) is 0 Å². The number of aliphatic imine (C=N–C) groups is 1. The normalized spacial score (nSPS) is 14.1. The van der Waals surface area contributed by atoms with Crippen LogP contribution in [0.15, 0.2) is 94.8 Å². The Morgan fingerprint density at radius 3 is 2.44 bits per heavy atom. The lowest BCUT2D eigenvalue weighted by Crippen LogP contribution is -2.26. The summed E-state index contributed by atoms with van der Waals surface area (Å²) in [5.41, 5.74) is 3.75. The molecule has 1 aliphatic carbocycles. The van der Waals surface area contributed by atoms with E-state index < -0.39 is 0 Å². The zero-order chi connectivity index (χ0) is 24.7. The van der Waals surface area contributed by atoms with Crippen LogP contribution in [-0.2, 0) is 0 Å². The number of aromatic amines is 1. The Kier molecular flexibility index (Phi) is 7.20. The molecule has 36 heavy (non-hydrogen) atoms. The molecular formula is C27H22N6O2S. The highest BCUT2D eigenvalue weighted by Gasteiger charge is 2.25. The lowest BCUT2D eigenvalue weighted by molar-refractivity contribution is 0.0991. The van der Waals surface area contributed by atoms with Crippen molar-refractivity contribution in [1.82, 2.24) is 25.9 Å². The van der Waals surface area contributed by atoms with E-state index >= 15 is 0 Å². The number of H-pyrrole nitrogens is 1. The molecule has 4 aromatic rings. The van der Waals surface area contributed by atoms with Gasteiger partial charge >= 0.3 is 0 Å². The topological polar surface area (TPSA) is 113 Å². The maximum Gasteiger partial charge on any atom is 0.200 e. The van der Waals surface area contributed by atoms with Crippen LogP contribution in [0.2, 0.25) is 0 Å². The fourth-order valence-corrected chi connectivity index (χ4v) is 4.74. The summed E-state index contributed by atoms with van der Waals surface area (Å²) in [5.74, 6) is 0.918. The number of Topliss-reactive ketones (excluding diaryl/α,β-unsaturated/α-hetero) is 1. The standard InChI is InChI=1S/C27H22N6O2S/c34-23-16-24(26(35)22-9-5-4-8-21(22)23)36-15-14-28-25(27-30-32-33-31-27)19-10-12-20(13-11-19)29-17-18-6-2-1-3-7-18/h1-13,16-17,25,28H,14-15H2,(H,30,31,32,33)/b29-17-. The van der Waals surface area contributed by atoms with Crippen molar-refractivity contribution in [1.29, 1.82) is 0 Å². The molecule has 0 radical (unpaired) electrons. The molecule has 0 amide bonds. The molecule has 8 nitrogen and oxygen atoms in total. The highest BCUT2D eigenvalue weighted by molar-refractivity contribution is 8.04. The van der Waals surface area contributed by atoms with Crippen LogP contribution in [0.5, 0.6) is 0 Å². The minimum Gasteiger partial charge on any atom is -0.303 e. The molecule has 0 fully saturated rings. The summed E-state index contributed by atoms with van der Waals surface area (Å²) in [5, 5.41) is 17.8. The van der Waals surface area contributed by atoms with Crippen LogP contribution in [0, 0.1) is 0 Å². The van der Waals surface area contributed by atoms with Gasteiger partial charge in [0.1, 0.15) is 0 Å². The van der Waals surface area contributed by atoms with Crippen molar-refractivity contribution in [2.45, 2.75) is 6.04 Å². The number of ketones is 2. The molecule has 1 heterocycles. The average Bonchev–Trinajstić information content (AvgIpc) is 3.46. The zero-order valence-corrected chi connectivity index (χ0v) is 20.0. The summed E-state index contributed by atoms with van der Waals surface area (Å²) in [6.45, 7) is 0.560. The van der Waals surface area contributed by atoms with Gasteiger partial charge in [-0.2, -0.15) is 0 Å². The van der Waals surface area contributed by atoms with Gasteiger partial charge in [-0.15, -0.1) is 16.9 Å². The first kappa shape index (κ1) is 23.5. The van der Waals surface area contributed by atoms with E-state index in [1.807, 2.05) is 60.8 Å². The molecule has 5 rings (SSSR count). The number of carbonyl (C=O) groups is 2. The van der Waals surface area contributed by atoms with Crippen LogP contribution in [0.3, 0.4) is 0 Å². The second kappa shape index (κ2) is 11.0. The Hall–Kier alpha value is -4.21. The third-order valence-electron chi connectivity index (χ3n) is 5.66. The minimum absolute atomic E-state index is 0.113. The quantitative estimate of drug-likeness (QED) is 0.263. The number of thioether (sulfide) groups is 1. The summed E-state index contributed by atoms with van der Waals surface area (Å²) >= 11 is 1.36. The first-order chi connectivity index (χ1) is 17.7. The molecule has 1 aliphatic rings. The SMILES string of the molecule is O=C1C=C(SCCNC(c2ccc(/N=C\c3ccccc3)cc2)c2nnn[nH]2)C(=O)c2ccccc21. The second-order valence-corrected chi connectivity index (χ2v) is 9.17. The van der Waals surface area contributed by atoms with Crippen LogP contribution in [0.1, 0.15) is 43.7 Å². The van der Waals surface area contributed by atoms with E-state index in [4.69, 9.17) is 0 Å². The van der Waals surface area contributed by atoms with Crippen LogP contribution < -0.4 is 5.32 Å². The number of nitrogens with zero attached hydrogens (tertiary/aromatic N) is 4. The molecule has 0 spiro atoms. The van der Waals surface area contributed by atoms with Crippen molar-refractivity contribution in [2.75, 3.05) is 12.3 Å². The lowest BCUT2D eigenvalue weighted by Gasteiger charge is -2.17. The van der Waals surface area contributed by atoms with Gasteiger partial charge in [-0.3, -0.25) is 14.6 Å². The van der Waals surface area contributed by atoms with Gasteiger partial charge in [0, 0.05) is 35.7 Å². The van der Waals surface area contributed by atoms with Crippen LogP contribution in [-0.4, -0.2) is 50.7 Å². The van der Waals surface area contributed by atoms with E-state index in [9.17, 15) is 9.59 Å².